The van der Waals surface area contributed by atoms with Crippen molar-refractivity contribution in [1.82, 2.24) is 15.6 Å². The van der Waals surface area contributed by atoms with Gasteiger partial charge in [-0.3, -0.25) is 9.98 Å². The van der Waals surface area contributed by atoms with E-state index in [9.17, 15) is 0 Å². The number of pyridine rings is 1. The van der Waals surface area contributed by atoms with E-state index in [2.05, 4.69) is 38.8 Å². The summed E-state index contributed by atoms with van der Waals surface area (Å²) in [6.07, 6.45) is 1.79. The third kappa shape index (κ3) is 5.18. The maximum atomic E-state index is 5.15. The average molecular weight is 298 g/mol. The summed E-state index contributed by atoms with van der Waals surface area (Å²) in [5.41, 5.74) is 3.33. The largest absolute Gasteiger partial charge is 0.380 e. The van der Waals surface area contributed by atoms with E-state index in [-0.39, 0.29) is 0 Å². The Kier molecular flexibility index (Phi) is 6.39. The molecular weight excluding hydrogens is 276 g/mol. The number of nitrogens with one attached hydrogen (secondary N) is 2. The van der Waals surface area contributed by atoms with E-state index in [0.717, 1.165) is 11.7 Å². The molecule has 2 rings (SSSR count). The number of hydrogen-bond acceptors (Lipinski definition) is 3. The number of nitrogens with zero attached hydrogens (tertiary/aromatic N) is 2. The fourth-order valence-electron chi connectivity index (χ4n) is 2.08. The molecule has 2 N–H and O–H groups in total. The molecule has 22 heavy (non-hydrogen) atoms. The lowest BCUT2D eigenvalue weighted by Crippen LogP contribution is -2.36. The van der Waals surface area contributed by atoms with Gasteiger partial charge in [0.15, 0.2) is 5.96 Å². The van der Waals surface area contributed by atoms with Crippen molar-refractivity contribution in [3.8, 4) is 0 Å². The first-order chi connectivity index (χ1) is 10.8. The van der Waals surface area contributed by atoms with Gasteiger partial charge in [0, 0.05) is 26.9 Å². The van der Waals surface area contributed by atoms with Crippen molar-refractivity contribution in [2.24, 2.45) is 4.99 Å². The van der Waals surface area contributed by atoms with Crippen LogP contribution >= 0.6 is 0 Å². The van der Waals surface area contributed by atoms with Crippen LogP contribution in [-0.2, 0) is 24.4 Å². The van der Waals surface area contributed by atoms with Gasteiger partial charge in [0.2, 0.25) is 0 Å². The summed E-state index contributed by atoms with van der Waals surface area (Å²) in [5.74, 6) is 0.753. The Bertz CT molecular complexity index is 599. The Labute approximate surface area is 131 Å². The third-order valence-electron chi connectivity index (χ3n) is 3.15. The van der Waals surface area contributed by atoms with Crippen molar-refractivity contribution in [1.29, 1.82) is 0 Å². The zero-order chi connectivity index (χ0) is 15.6. The summed E-state index contributed by atoms with van der Waals surface area (Å²) in [6, 6.07) is 14.2. The number of aliphatic imine (C=N–C) groups is 1. The summed E-state index contributed by atoms with van der Waals surface area (Å²) in [5, 5.41) is 6.54. The lowest BCUT2D eigenvalue weighted by molar-refractivity contribution is 0.185. The van der Waals surface area contributed by atoms with Crippen molar-refractivity contribution in [2.45, 2.75) is 19.7 Å². The molecule has 0 aliphatic carbocycles. The van der Waals surface area contributed by atoms with E-state index in [1.165, 1.54) is 11.1 Å². The number of guanidine groups is 1. The van der Waals surface area contributed by atoms with Gasteiger partial charge in [0.05, 0.1) is 18.8 Å². The Balaban J connectivity index is 1.84. The van der Waals surface area contributed by atoms with E-state index < -0.39 is 0 Å². The second kappa shape index (κ2) is 8.79. The van der Waals surface area contributed by atoms with Crippen LogP contribution in [0.5, 0.6) is 0 Å². The summed E-state index contributed by atoms with van der Waals surface area (Å²) >= 11 is 0. The molecule has 5 nitrogen and oxygen atoms in total. The van der Waals surface area contributed by atoms with E-state index in [1.54, 1.807) is 20.4 Å². The quantitative estimate of drug-likeness (QED) is 0.633. The predicted molar refractivity (Wildman–Crippen MR) is 88.4 cm³/mol. The molecule has 0 saturated carbocycles. The van der Waals surface area contributed by atoms with Gasteiger partial charge in [-0.1, -0.05) is 30.3 Å². The van der Waals surface area contributed by atoms with Gasteiger partial charge in [0.25, 0.3) is 0 Å². The predicted octanol–water partition coefficient (Wildman–Crippen LogP) is 2.09. The molecule has 1 aromatic carbocycles. The molecule has 0 unspecified atom stereocenters. The summed E-state index contributed by atoms with van der Waals surface area (Å²) < 4.78 is 5.15. The van der Waals surface area contributed by atoms with Gasteiger partial charge in [-0.05, 0) is 23.3 Å². The number of hydrogen-bond donors (Lipinski definition) is 2. The maximum Gasteiger partial charge on any atom is 0.191 e. The number of benzene rings is 1. The lowest BCUT2D eigenvalue weighted by Gasteiger charge is -2.12. The fourth-order valence-corrected chi connectivity index (χ4v) is 2.08. The fraction of sp³-hybridized carbons (Fsp3) is 0.294. The van der Waals surface area contributed by atoms with Crippen LogP contribution < -0.4 is 10.6 Å². The molecule has 0 radical (unpaired) electrons. The summed E-state index contributed by atoms with van der Waals surface area (Å²) in [7, 11) is 3.46. The van der Waals surface area contributed by atoms with Crippen LogP contribution in [0.15, 0.2) is 53.7 Å². The molecule has 116 valence electrons. The van der Waals surface area contributed by atoms with Gasteiger partial charge >= 0.3 is 0 Å². The molecule has 1 heterocycles. The van der Waals surface area contributed by atoms with E-state index in [0.29, 0.717) is 19.7 Å². The third-order valence-corrected chi connectivity index (χ3v) is 3.15. The van der Waals surface area contributed by atoms with Crippen LogP contribution in [0.25, 0.3) is 0 Å². The molecule has 0 fully saturated rings. The standard InChI is InChI=1S/C17H22N4O/c1-18-17(21-12-16-8-3-4-9-19-16)20-11-14-6-5-7-15(10-14)13-22-2/h3-10H,11-13H2,1-2H3,(H2,18,20,21). The number of methoxy groups -OCH3 is 1. The minimum absolute atomic E-state index is 0.625. The number of ether oxygens (including phenoxy) is 1. The lowest BCUT2D eigenvalue weighted by atomic mass is 10.1. The molecule has 2 aromatic rings. The molecule has 0 aliphatic rings. The van der Waals surface area contributed by atoms with Crippen LogP contribution in [0.2, 0.25) is 0 Å². The van der Waals surface area contributed by atoms with E-state index >= 15 is 0 Å². The van der Waals surface area contributed by atoms with Crippen LogP contribution in [0.1, 0.15) is 16.8 Å². The Hall–Kier alpha value is -2.40. The number of rotatable bonds is 6. The summed E-state index contributed by atoms with van der Waals surface area (Å²) in [4.78, 5) is 8.50. The normalized spacial score (nSPS) is 11.3. The van der Waals surface area contributed by atoms with Gasteiger partial charge < -0.3 is 15.4 Å². The van der Waals surface area contributed by atoms with Crippen LogP contribution in [0.4, 0.5) is 0 Å². The first kappa shape index (κ1) is 16.0. The second-order valence-electron chi connectivity index (χ2n) is 4.85. The second-order valence-corrected chi connectivity index (χ2v) is 4.85. The smallest absolute Gasteiger partial charge is 0.191 e. The van der Waals surface area contributed by atoms with Crippen LogP contribution in [-0.4, -0.2) is 25.1 Å². The Morgan fingerprint density at radius 2 is 1.91 bits per heavy atom. The van der Waals surface area contributed by atoms with Gasteiger partial charge in [-0.25, -0.2) is 0 Å². The molecule has 0 amide bonds. The first-order valence-corrected chi connectivity index (χ1v) is 7.23. The molecule has 5 heteroatoms. The van der Waals surface area contributed by atoms with Gasteiger partial charge in [0.1, 0.15) is 0 Å². The molecular formula is C17H22N4O. The topological polar surface area (TPSA) is 58.5 Å². The van der Waals surface area contributed by atoms with Crippen molar-refractivity contribution in [3.63, 3.8) is 0 Å². The molecule has 0 spiro atoms. The van der Waals surface area contributed by atoms with E-state index in [4.69, 9.17) is 4.74 Å². The maximum absolute atomic E-state index is 5.15. The molecule has 0 aliphatic heterocycles. The van der Waals surface area contributed by atoms with Crippen molar-refractivity contribution >= 4 is 5.96 Å². The molecule has 0 saturated heterocycles. The van der Waals surface area contributed by atoms with Crippen molar-refractivity contribution in [2.75, 3.05) is 14.2 Å². The zero-order valence-electron chi connectivity index (χ0n) is 13.0. The van der Waals surface area contributed by atoms with Crippen molar-refractivity contribution < 1.29 is 4.74 Å². The molecule has 0 bridgehead atoms. The minimum atomic E-state index is 0.625. The highest BCUT2D eigenvalue weighted by molar-refractivity contribution is 5.79. The Morgan fingerprint density at radius 1 is 1.09 bits per heavy atom. The monoisotopic (exact) mass is 298 g/mol. The zero-order valence-corrected chi connectivity index (χ0v) is 13.0. The number of aromatic nitrogens is 1. The highest BCUT2D eigenvalue weighted by Gasteiger charge is 2.00. The van der Waals surface area contributed by atoms with Gasteiger partial charge in [-0.2, -0.15) is 0 Å². The van der Waals surface area contributed by atoms with Crippen LogP contribution in [0.3, 0.4) is 0 Å². The summed E-state index contributed by atoms with van der Waals surface area (Å²) in [6.45, 7) is 1.98. The van der Waals surface area contributed by atoms with Crippen molar-refractivity contribution in [3.05, 3.63) is 65.5 Å². The SMILES string of the molecule is CN=C(NCc1cccc(COC)c1)NCc1ccccn1. The Morgan fingerprint density at radius 3 is 2.64 bits per heavy atom. The van der Waals surface area contributed by atoms with E-state index in [1.807, 2.05) is 24.3 Å². The molecule has 0 atom stereocenters. The first-order valence-electron chi connectivity index (χ1n) is 7.23. The average Bonchev–Trinajstić information content (AvgIpc) is 2.57. The highest BCUT2D eigenvalue weighted by Crippen LogP contribution is 2.06. The minimum Gasteiger partial charge on any atom is -0.380 e. The highest BCUT2D eigenvalue weighted by atomic mass is 16.5. The van der Waals surface area contributed by atoms with Crippen LogP contribution in [0, 0.1) is 0 Å². The van der Waals surface area contributed by atoms with Gasteiger partial charge in [-0.15, -0.1) is 0 Å². The molecule has 1 aromatic heterocycles.